The maximum absolute atomic E-state index is 11.2. The molecule has 0 aliphatic heterocycles. The van der Waals surface area contributed by atoms with Gasteiger partial charge in [0.05, 0.1) is 6.54 Å². The second-order valence-electron chi connectivity index (χ2n) is 3.12. The Balaban J connectivity index is 2.51. The van der Waals surface area contributed by atoms with Gasteiger partial charge in [-0.2, -0.15) is 0 Å². The Morgan fingerprint density at radius 3 is 2.56 bits per heavy atom. The van der Waals surface area contributed by atoms with E-state index < -0.39 is 0 Å². The first-order valence-electron chi connectivity index (χ1n) is 4.82. The van der Waals surface area contributed by atoms with E-state index >= 15 is 0 Å². The highest BCUT2D eigenvalue weighted by Crippen LogP contribution is 2.12. The first-order valence-corrected chi connectivity index (χ1v) is 4.82. The van der Waals surface area contributed by atoms with E-state index in [1.807, 2.05) is 12.1 Å². The van der Waals surface area contributed by atoms with Crippen LogP contribution in [0.5, 0.6) is 0 Å². The fraction of sp³-hybridized carbons (Fsp3) is 0.250. The van der Waals surface area contributed by atoms with Crippen LogP contribution in [0.2, 0.25) is 0 Å². The van der Waals surface area contributed by atoms with Crippen molar-refractivity contribution in [3.8, 4) is 12.3 Å². The Kier molecular flexibility index (Phi) is 4.90. The Labute approximate surface area is 95.0 Å². The standard InChI is InChI=1S/C12H14N2O2/c1-3-8-13-10-4-6-11(7-5-10)14-12(15)9-16-2/h1,4-7,13H,8-9H2,2H3,(H,14,15). The molecule has 1 amide bonds. The second kappa shape index (κ2) is 6.49. The van der Waals surface area contributed by atoms with Gasteiger partial charge < -0.3 is 15.4 Å². The Morgan fingerprint density at radius 1 is 1.38 bits per heavy atom. The van der Waals surface area contributed by atoms with Crippen molar-refractivity contribution in [3.05, 3.63) is 24.3 Å². The van der Waals surface area contributed by atoms with E-state index in [1.54, 1.807) is 12.1 Å². The number of anilines is 2. The highest BCUT2D eigenvalue weighted by molar-refractivity contribution is 5.91. The molecule has 4 heteroatoms. The van der Waals surface area contributed by atoms with Crippen LogP contribution in [0.4, 0.5) is 11.4 Å². The molecule has 0 bridgehead atoms. The average Bonchev–Trinajstić information content (AvgIpc) is 2.28. The van der Waals surface area contributed by atoms with Crippen LogP contribution in [0.25, 0.3) is 0 Å². The monoisotopic (exact) mass is 218 g/mol. The van der Waals surface area contributed by atoms with Crippen molar-refractivity contribution in [2.24, 2.45) is 0 Å². The topological polar surface area (TPSA) is 50.4 Å². The van der Waals surface area contributed by atoms with Gasteiger partial charge in [0, 0.05) is 18.5 Å². The smallest absolute Gasteiger partial charge is 0.250 e. The van der Waals surface area contributed by atoms with Crippen molar-refractivity contribution in [3.63, 3.8) is 0 Å². The minimum Gasteiger partial charge on any atom is -0.375 e. The van der Waals surface area contributed by atoms with E-state index in [0.717, 1.165) is 11.4 Å². The summed E-state index contributed by atoms with van der Waals surface area (Å²) >= 11 is 0. The van der Waals surface area contributed by atoms with Gasteiger partial charge in [-0.25, -0.2) is 0 Å². The summed E-state index contributed by atoms with van der Waals surface area (Å²) in [6.07, 6.45) is 5.12. The summed E-state index contributed by atoms with van der Waals surface area (Å²) in [6, 6.07) is 7.29. The van der Waals surface area contributed by atoms with E-state index in [0.29, 0.717) is 6.54 Å². The number of methoxy groups -OCH3 is 1. The minimum absolute atomic E-state index is 0.0527. The number of ether oxygens (including phenoxy) is 1. The van der Waals surface area contributed by atoms with E-state index in [4.69, 9.17) is 11.2 Å². The van der Waals surface area contributed by atoms with Crippen LogP contribution in [-0.2, 0) is 9.53 Å². The van der Waals surface area contributed by atoms with Crippen LogP contribution < -0.4 is 10.6 Å². The third kappa shape index (κ3) is 4.03. The quantitative estimate of drug-likeness (QED) is 0.733. The van der Waals surface area contributed by atoms with Crippen molar-refractivity contribution in [1.29, 1.82) is 0 Å². The molecule has 0 unspecified atom stereocenters. The maximum atomic E-state index is 11.2. The summed E-state index contributed by atoms with van der Waals surface area (Å²) < 4.78 is 4.71. The summed E-state index contributed by atoms with van der Waals surface area (Å²) in [6.45, 7) is 0.534. The molecular formula is C12H14N2O2. The lowest BCUT2D eigenvalue weighted by molar-refractivity contribution is -0.119. The molecule has 1 aromatic rings. The zero-order chi connectivity index (χ0) is 11.8. The third-order valence-electron chi connectivity index (χ3n) is 1.84. The predicted molar refractivity (Wildman–Crippen MR) is 64.3 cm³/mol. The van der Waals surface area contributed by atoms with E-state index in [-0.39, 0.29) is 12.5 Å². The van der Waals surface area contributed by atoms with Crippen LogP contribution in [0, 0.1) is 12.3 Å². The molecule has 0 aromatic heterocycles. The van der Waals surface area contributed by atoms with Gasteiger partial charge in [-0.05, 0) is 24.3 Å². The van der Waals surface area contributed by atoms with Crippen molar-refractivity contribution < 1.29 is 9.53 Å². The number of hydrogen-bond donors (Lipinski definition) is 2. The lowest BCUT2D eigenvalue weighted by atomic mass is 10.2. The number of nitrogens with one attached hydrogen (secondary N) is 2. The Morgan fingerprint density at radius 2 is 2.00 bits per heavy atom. The molecule has 2 N–H and O–H groups in total. The molecule has 0 aliphatic rings. The van der Waals surface area contributed by atoms with Crippen LogP contribution in [0.1, 0.15) is 0 Å². The summed E-state index contributed by atoms with van der Waals surface area (Å²) in [5.74, 6) is 2.31. The molecule has 16 heavy (non-hydrogen) atoms. The van der Waals surface area contributed by atoms with Crippen LogP contribution >= 0.6 is 0 Å². The molecule has 84 valence electrons. The van der Waals surface area contributed by atoms with Gasteiger partial charge in [-0.3, -0.25) is 4.79 Å². The molecule has 1 aromatic carbocycles. The molecule has 1 rings (SSSR count). The van der Waals surface area contributed by atoms with Gasteiger partial charge in [0.2, 0.25) is 5.91 Å². The molecule has 0 saturated heterocycles. The predicted octanol–water partition coefficient (Wildman–Crippen LogP) is 1.32. The summed E-state index contributed by atoms with van der Waals surface area (Å²) in [4.78, 5) is 11.2. The Hall–Kier alpha value is -1.99. The fourth-order valence-corrected chi connectivity index (χ4v) is 1.15. The summed E-state index contributed by atoms with van der Waals surface area (Å²) in [5.41, 5.74) is 1.65. The largest absolute Gasteiger partial charge is 0.375 e. The SMILES string of the molecule is C#CCNc1ccc(NC(=O)COC)cc1. The van der Waals surface area contributed by atoms with E-state index in [1.165, 1.54) is 7.11 Å². The number of amides is 1. The highest BCUT2D eigenvalue weighted by Gasteiger charge is 2.00. The van der Waals surface area contributed by atoms with Gasteiger partial charge >= 0.3 is 0 Å². The summed E-state index contributed by atoms with van der Waals surface area (Å²) in [7, 11) is 1.48. The zero-order valence-corrected chi connectivity index (χ0v) is 9.12. The molecule has 0 saturated carbocycles. The second-order valence-corrected chi connectivity index (χ2v) is 3.12. The van der Waals surface area contributed by atoms with Gasteiger partial charge in [-0.15, -0.1) is 6.42 Å². The van der Waals surface area contributed by atoms with Gasteiger partial charge in [0.25, 0.3) is 0 Å². The molecule has 0 radical (unpaired) electrons. The first-order chi connectivity index (χ1) is 7.76. The minimum atomic E-state index is -0.174. The molecular weight excluding hydrogens is 204 g/mol. The molecule has 0 spiro atoms. The van der Waals surface area contributed by atoms with Crippen LogP contribution in [0.3, 0.4) is 0 Å². The van der Waals surface area contributed by atoms with Crippen molar-refractivity contribution in [1.82, 2.24) is 0 Å². The lowest BCUT2D eigenvalue weighted by Crippen LogP contribution is -2.16. The van der Waals surface area contributed by atoms with Crippen molar-refractivity contribution >= 4 is 17.3 Å². The molecule has 4 nitrogen and oxygen atoms in total. The van der Waals surface area contributed by atoms with Crippen molar-refractivity contribution in [2.75, 3.05) is 30.9 Å². The number of hydrogen-bond acceptors (Lipinski definition) is 3. The normalized spacial score (nSPS) is 9.25. The first kappa shape index (κ1) is 12.1. The van der Waals surface area contributed by atoms with Crippen LogP contribution in [-0.4, -0.2) is 26.2 Å². The zero-order valence-electron chi connectivity index (χ0n) is 9.12. The maximum Gasteiger partial charge on any atom is 0.250 e. The van der Waals surface area contributed by atoms with E-state index in [2.05, 4.69) is 16.6 Å². The number of benzene rings is 1. The highest BCUT2D eigenvalue weighted by atomic mass is 16.5. The number of carbonyl (C=O) groups is 1. The van der Waals surface area contributed by atoms with Gasteiger partial charge in [0.1, 0.15) is 6.61 Å². The average molecular weight is 218 g/mol. The molecule has 0 atom stereocenters. The number of terminal acetylenes is 1. The van der Waals surface area contributed by atoms with E-state index in [9.17, 15) is 4.79 Å². The fourth-order valence-electron chi connectivity index (χ4n) is 1.15. The summed E-state index contributed by atoms with van der Waals surface area (Å²) in [5, 5.41) is 5.72. The molecule has 0 heterocycles. The van der Waals surface area contributed by atoms with Gasteiger partial charge in [-0.1, -0.05) is 5.92 Å². The number of rotatable bonds is 5. The molecule has 0 fully saturated rings. The Bertz CT molecular complexity index is 379. The van der Waals surface area contributed by atoms with Gasteiger partial charge in [0.15, 0.2) is 0 Å². The number of carbonyl (C=O) groups excluding carboxylic acids is 1. The van der Waals surface area contributed by atoms with Crippen LogP contribution in [0.15, 0.2) is 24.3 Å². The third-order valence-corrected chi connectivity index (χ3v) is 1.84. The van der Waals surface area contributed by atoms with Crippen molar-refractivity contribution in [2.45, 2.75) is 0 Å². The molecule has 0 aliphatic carbocycles. The lowest BCUT2D eigenvalue weighted by Gasteiger charge is -2.06.